The number of hydrogen-bond acceptors (Lipinski definition) is 4. The number of likely N-dealkylation sites (tertiary alicyclic amines) is 1. The zero-order chi connectivity index (χ0) is 12.8. The lowest BCUT2D eigenvalue weighted by Crippen LogP contribution is -2.37. The monoisotopic (exact) mass is 242 g/mol. The molecule has 0 aliphatic carbocycles. The summed E-state index contributed by atoms with van der Waals surface area (Å²) in [6.45, 7) is 2.94. The van der Waals surface area contributed by atoms with E-state index in [0.29, 0.717) is 32.6 Å². The Morgan fingerprint density at radius 3 is 2.88 bits per heavy atom. The Morgan fingerprint density at radius 2 is 2.29 bits per heavy atom. The average molecular weight is 242 g/mol. The van der Waals surface area contributed by atoms with Gasteiger partial charge in [-0.05, 0) is 14.1 Å². The van der Waals surface area contributed by atoms with Crippen molar-refractivity contribution < 1.29 is 9.59 Å². The van der Waals surface area contributed by atoms with Gasteiger partial charge in [0.05, 0.1) is 5.92 Å². The predicted molar refractivity (Wildman–Crippen MR) is 65.3 cm³/mol. The molecule has 0 aromatic rings. The Labute approximate surface area is 102 Å². The Morgan fingerprint density at radius 1 is 1.59 bits per heavy atom. The highest BCUT2D eigenvalue weighted by molar-refractivity contribution is 5.89. The fraction of sp³-hybridized carbons (Fsp3) is 0.818. The third kappa shape index (κ3) is 4.32. The highest BCUT2D eigenvalue weighted by Crippen LogP contribution is 2.17. The van der Waals surface area contributed by atoms with Crippen molar-refractivity contribution in [3.63, 3.8) is 0 Å². The van der Waals surface area contributed by atoms with Gasteiger partial charge >= 0.3 is 0 Å². The van der Waals surface area contributed by atoms with E-state index in [2.05, 4.69) is 5.32 Å². The summed E-state index contributed by atoms with van der Waals surface area (Å²) < 4.78 is 0. The van der Waals surface area contributed by atoms with Crippen LogP contribution in [0.1, 0.15) is 6.42 Å². The third-order valence-electron chi connectivity index (χ3n) is 2.85. The molecule has 6 heteroatoms. The maximum atomic E-state index is 11.7. The molecule has 1 fully saturated rings. The topological polar surface area (TPSA) is 78.7 Å². The quantitative estimate of drug-likeness (QED) is 0.592. The maximum absolute atomic E-state index is 11.7. The number of nitrogens with zero attached hydrogens (tertiary/aromatic N) is 2. The first-order valence-corrected chi connectivity index (χ1v) is 5.95. The molecular weight excluding hydrogens is 220 g/mol. The first-order valence-electron chi connectivity index (χ1n) is 5.95. The Balaban J connectivity index is 2.37. The second-order valence-corrected chi connectivity index (χ2v) is 4.62. The van der Waals surface area contributed by atoms with Gasteiger partial charge in [-0.2, -0.15) is 0 Å². The zero-order valence-corrected chi connectivity index (χ0v) is 10.6. The molecule has 0 spiro atoms. The van der Waals surface area contributed by atoms with Crippen LogP contribution in [0.25, 0.3) is 0 Å². The van der Waals surface area contributed by atoms with Crippen molar-refractivity contribution in [2.45, 2.75) is 6.42 Å². The minimum Gasteiger partial charge on any atom is -0.355 e. The van der Waals surface area contributed by atoms with Gasteiger partial charge in [-0.25, -0.2) is 0 Å². The van der Waals surface area contributed by atoms with E-state index in [9.17, 15) is 9.59 Å². The number of amides is 2. The summed E-state index contributed by atoms with van der Waals surface area (Å²) in [6, 6.07) is 0. The molecule has 3 N–H and O–H groups in total. The van der Waals surface area contributed by atoms with Crippen molar-refractivity contribution in [1.82, 2.24) is 15.1 Å². The molecule has 0 aromatic carbocycles. The van der Waals surface area contributed by atoms with Gasteiger partial charge in [0, 0.05) is 39.1 Å². The molecule has 1 atom stereocenters. The lowest BCUT2D eigenvalue weighted by atomic mass is 10.1. The molecule has 1 saturated heterocycles. The van der Waals surface area contributed by atoms with E-state index in [1.165, 1.54) is 0 Å². The molecule has 1 aliphatic heterocycles. The lowest BCUT2D eigenvalue weighted by molar-refractivity contribution is -0.129. The van der Waals surface area contributed by atoms with E-state index in [1.807, 2.05) is 19.0 Å². The zero-order valence-electron chi connectivity index (χ0n) is 10.6. The van der Waals surface area contributed by atoms with Gasteiger partial charge in [-0.15, -0.1) is 0 Å². The summed E-state index contributed by atoms with van der Waals surface area (Å²) in [5.41, 5.74) is 5.31. The van der Waals surface area contributed by atoms with Crippen molar-refractivity contribution in [1.29, 1.82) is 0 Å². The predicted octanol–water partition coefficient (Wildman–Crippen LogP) is -1.53. The highest BCUT2D eigenvalue weighted by Gasteiger charge is 2.33. The molecule has 0 radical (unpaired) electrons. The molecule has 0 bridgehead atoms. The van der Waals surface area contributed by atoms with E-state index < -0.39 is 0 Å². The number of hydrogen-bond donors (Lipinski definition) is 2. The van der Waals surface area contributed by atoms with Gasteiger partial charge in [0.2, 0.25) is 11.8 Å². The highest BCUT2D eigenvalue weighted by atomic mass is 16.2. The number of carbonyl (C=O) groups excluding carboxylic acids is 2. The normalized spacial score (nSPS) is 20.1. The standard InChI is InChI=1S/C11H22N4O2/c1-14(2)5-6-15-8-9(7-10(15)16)11(17)13-4-3-12/h9H,3-8,12H2,1-2H3,(H,13,17). The van der Waals surface area contributed by atoms with Crippen LogP contribution in [0, 0.1) is 5.92 Å². The number of rotatable bonds is 6. The van der Waals surface area contributed by atoms with Crippen LogP contribution < -0.4 is 11.1 Å². The summed E-state index contributed by atoms with van der Waals surface area (Å²) in [4.78, 5) is 27.1. The molecule has 1 heterocycles. The van der Waals surface area contributed by atoms with Gasteiger partial charge < -0.3 is 20.9 Å². The second-order valence-electron chi connectivity index (χ2n) is 4.62. The fourth-order valence-electron chi connectivity index (χ4n) is 1.82. The van der Waals surface area contributed by atoms with Crippen molar-refractivity contribution in [3.05, 3.63) is 0 Å². The van der Waals surface area contributed by atoms with Gasteiger partial charge in [0.1, 0.15) is 0 Å². The average Bonchev–Trinajstić information content (AvgIpc) is 2.65. The number of carbonyl (C=O) groups is 2. The van der Waals surface area contributed by atoms with Crippen molar-refractivity contribution in [2.75, 3.05) is 46.8 Å². The number of nitrogens with two attached hydrogens (primary N) is 1. The molecule has 1 unspecified atom stereocenters. The number of nitrogens with one attached hydrogen (secondary N) is 1. The molecule has 0 aromatic heterocycles. The summed E-state index contributed by atoms with van der Waals surface area (Å²) in [5, 5.41) is 2.73. The van der Waals surface area contributed by atoms with E-state index in [0.717, 1.165) is 6.54 Å². The van der Waals surface area contributed by atoms with E-state index in [-0.39, 0.29) is 17.7 Å². The minimum atomic E-state index is -0.212. The molecule has 1 rings (SSSR count). The SMILES string of the molecule is CN(C)CCN1CC(C(=O)NCCN)CC1=O. The second kappa shape index (κ2) is 6.56. The van der Waals surface area contributed by atoms with E-state index in [4.69, 9.17) is 5.73 Å². The molecular formula is C11H22N4O2. The first kappa shape index (κ1) is 13.9. The molecule has 6 nitrogen and oxygen atoms in total. The molecule has 98 valence electrons. The van der Waals surface area contributed by atoms with Crippen LogP contribution in [-0.4, -0.2) is 68.4 Å². The number of likely N-dealkylation sites (N-methyl/N-ethyl adjacent to an activating group) is 1. The molecule has 2 amide bonds. The third-order valence-corrected chi connectivity index (χ3v) is 2.85. The van der Waals surface area contributed by atoms with Crippen LogP contribution in [-0.2, 0) is 9.59 Å². The van der Waals surface area contributed by atoms with Crippen molar-refractivity contribution in [2.24, 2.45) is 11.7 Å². The van der Waals surface area contributed by atoms with Crippen LogP contribution in [0.15, 0.2) is 0 Å². The van der Waals surface area contributed by atoms with Crippen molar-refractivity contribution in [3.8, 4) is 0 Å². The van der Waals surface area contributed by atoms with Crippen LogP contribution in [0.5, 0.6) is 0 Å². The van der Waals surface area contributed by atoms with Crippen LogP contribution in [0.2, 0.25) is 0 Å². The maximum Gasteiger partial charge on any atom is 0.225 e. The summed E-state index contributed by atoms with van der Waals surface area (Å²) in [7, 11) is 3.93. The van der Waals surface area contributed by atoms with Crippen molar-refractivity contribution >= 4 is 11.8 Å². The minimum absolute atomic E-state index is 0.0591. The van der Waals surface area contributed by atoms with Crippen LogP contribution in [0.3, 0.4) is 0 Å². The van der Waals surface area contributed by atoms with Crippen LogP contribution >= 0.6 is 0 Å². The van der Waals surface area contributed by atoms with Gasteiger partial charge in [-0.1, -0.05) is 0 Å². The van der Waals surface area contributed by atoms with Gasteiger partial charge in [-0.3, -0.25) is 9.59 Å². The lowest BCUT2D eigenvalue weighted by Gasteiger charge is -2.19. The fourth-order valence-corrected chi connectivity index (χ4v) is 1.82. The Hall–Kier alpha value is -1.14. The first-order chi connectivity index (χ1) is 8.04. The molecule has 1 aliphatic rings. The molecule has 17 heavy (non-hydrogen) atoms. The molecule has 0 saturated carbocycles. The van der Waals surface area contributed by atoms with E-state index in [1.54, 1.807) is 4.90 Å². The Kier molecular flexibility index (Phi) is 5.37. The summed E-state index contributed by atoms with van der Waals surface area (Å²) >= 11 is 0. The van der Waals surface area contributed by atoms with Gasteiger partial charge in [0.25, 0.3) is 0 Å². The van der Waals surface area contributed by atoms with E-state index >= 15 is 0 Å². The summed E-state index contributed by atoms with van der Waals surface area (Å²) in [5.74, 6) is -0.202. The largest absolute Gasteiger partial charge is 0.355 e. The van der Waals surface area contributed by atoms with Gasteiger partial charge in [0.15, 0.2) is 0 Å². The Bertz CT molecular complexity index is 281. The van der Waals surface area contributed by atoms with Crippen LogP contribution in [0.4, 0.5) is 0 Å². The summed E-state index contributed by atoms with van der Waals surface area (Å²) in [6.07, 6.45) is 0.323. The smallest absolute Gasteiger partial charge is 0.225 e.